The van der Waals surface area contributed by atoms with Gasteiger partial charge in [0.25, 0.3) is 5.56 Å². The van der Waals surface area contributed by atoms with Crippen LogP contribution in [-0.2, 0) is 20.0 Å². The normalized spacial score (nSPS) is 12.9. The first-order valence-electron chi connectivity index (χ1n) is 10.6. The van der Waals surface area contributed by atoms with E-state index in [-0.39, 0.29) is 5.56 Å². The third kappa shape index (κ3) is 3.46. The van der Waals surface area contributed by atoms with Crippen LogP contribution in [0, 0.1) is 6.92 Å². The zero-order chi connectivity index (χ0) is 21.3. The van der Waals surface area contributed by atoms with Crippen LogP contribution in [0.2, 0.25) is 0 Å². The Balaban J connectivity index is 0.00000106. The second-order valence-electron chi connectivity index (χ2n) is 7.42. The molecule has 3 aromatic heterocycles. The molecule has 0 fully saturated rings. The van der Waals surface area contributed by atoms with Crippen LogP contribution >= 0.6 is 0 Å². The molecule has 0 saturated heterocycles. The summed E-state index contributed by atoms with van der Waals surface area (Å²) >= 11 is 0. The number of benzene rings is 1. The highest BCUT2D eigenvalue weighted by Crippen LogP contribution is 2.29. The Morgan fingerprint density at radius 3 is 2.60 bits per heavy atom. The molecule has 5 nitrogen and oxygen atoms in total. The van der Waals surface area contributed by atoms with E-state index in [9.17, 15) is 4.79 Å². The molecule has 0 spiro atoms. The molecule has 0 bridgehead atoms. The monoisotopic (exact) mass is 400 g/mol. The summed E-state index contributed by atoms with van der Waals surface area (Å²) in [5.74, 6) is 0. The molecule has 1 aromatic carbocycles. The summed E-state index contributed by atoms with van der Waals surface area (Å²) in [7, 11) is 2.12. The Labute approximate surface area is 177 Å². The van der Waals surface area contributed by atoms with Gasteiger partial charge in [-0.1, -0.05) is 26.0 Å². The average Bonchev–Trinajstić information content (AvgIpc) is 3.07. The van der Waals surface area contributed by atoms with Crippen molar-refractivity contribution in [2.75, 3.05) is 6.54 Å². The largest absolute Gasteiger partial charge is 0.347 e. The summed E-state index contributed by atoms with van der Waals surface area (Å²) in [4.78, 5) is 17.1. The van der Waals surface area contributed by atoms with Crippen molar-refractivity contribution < 1.29 is 0 Å². The van der Waals surface area contributed by atoms with Gasteiger partial charge in [0.05, 0.1) is 11.2 Å². The van der Waals surface area contributed by atoms with Crippen molar-refractivity contribution in [3.8, 4) is 16.8 Å². The third-order valence-electron chi connectivity index (χ3n) is 5.70. The van der Waals surface area contributed by atoms with Crippen molar-refractivity contribution in [3.05, 3.63) is 82.2 Å². The molecule has 0 radical (unpaired) electrons. The van der Waals surface area contributed by atoms with Crippen molar-refractivity contribution in [2.45, 2.75) is 33.7 Å². The number of nitrogens with one attached hydrogen (secondary N) is 1. The molecule has 154 valence electrons. The van der Waals surface area contributed by atoms with E-state index < -0.39 is 0 Å². The molecule has 0 atom stereocenters. The minimum atomic E-state index is -0.0435. The fourth-order valence-electron chi connectivity index (χ4n) is 4.15. The lowest BCUT2D eigenvalue weighted by Gasteiger charge is -2.14. The summed E-state index contributed by atoms with van der Waals surface area (Å²) in [5.41, 5.74) is 7.58. The minimum Gasteiger partial charge on any atom is -0.347 e. The summed E-state index contributed by atoms with van der Waals surface area (Å²) < 4.78 is 3.97. The molecule has 0 amide bonds. The summed E-state index contributed by atoms with van der Waals surface area (Å²) in [6.45, 7) is 7.87. The van der Waals surface area contributed by atoms with Gasteiger partial charge in [-0.25, -0.2) is 0 Å². The Bertz CT molecular complexity index is 1250. The van der Waals surface area contributed by atoms with Crippen molar-refractivity contribution in [1.29, 1.82) is 0 Å². The van der Waals surface area contributed by atoms with Gasteiger partial charge in [-0.3, -0.25) is 14.3 Å². The summed E-state index contributed by atoms with van der Waals surface area (Å²) in [5, 5.41) is 4.72. The molecular formula is C25H28N4O. The van der Waals surface area contributed by atoms with E-state index in [1.54, 1.807) is 10.6 Å². The molecule has 1 aliphatic rings. The molecule has 1 aliphatic heterocycles. The van der Waals surface area contributed by atoms with Crippen LogP contribution in [0.4, 0.5) is 0 Å². The van der Waals surface area contributed by atoms with Gasteiger partial charge < -0.3 is 9.88 Å². The highest BCUT2D eigenvalue weighted by molar-refractivity contribution is 5.87. The van der Waals surface area contributed by atoms with Gasteiger partial charge in [0, 0.05) is 67.4 Å². The van der Waals surface area contributed by atoms with Crippen molar-refractivity contribution in [2.24, 2.45) is 7.05 Å². The molecule has 1 N–H and O–H groups in total. The number of hydrogen-bond donors (Lipinski definition) is 1. The topological polar surface area (TPSA) is 51.9 Å². The summed E-state index contributed by atoms with van der Waals surface area (Å²) in [6.07, 6.45) is 4.70. The van der Waals surface area contributed by atoms with E-state index in [1.807, 2.05) is 57.4 Å². The first-order valence-corrected chi connectivity index (χ1v) is 10.6. The molecule has 4 aromatic rings. The van der Waals surface area contributed by atoms with Crippen LogP contribution in [-0.4, -0.2) is 20.7 Å². The standard InChI is InChI=1S/C23H22N4O.C2H6/c1-15-3-4-17(13-25-15)16-8-10-27(23(28)11-16)18-5-6-19-20-14-24-9-7-21(20)26(2)22(19)12-18;1-2/h3-6,8,10-13,24H,7,9,14H2,1-2H3;1-2H3. The molecule has 5 heteroatoms. The lowest BCUT2D eigenvalue weighted by Crippen LogP contribution is -2.24. The first-order chi connectivity index (χ1) is 14.6. The van der Waals surface area contributed by atoms with E-state index in [2.05, 4.69) is 34.0 Å². The fraction of sp³-hybridized carbons (Fsp3) is 0.280. The maximum Gasteiger partial charge on any atom is 0.255 e. The maximum atomic E-state index is 12.8. The lowest BCUT2D eigenvalue weighted by atomic mass is 10.1. The predicted octanol–water partition coefficient (Wildman–Crippen LogP) is 4.37. The minimum absolute atomic E-state index is 0.0435. The fourth-order valence-corrected chi connectivity index (χ4v) is 4.15. The smallest absolute Gasteiger partial charge is 0.255 e. The third-order valence-corrected chi connectivity index (χ3v) is 5.70. The number of aromatic nitrogens is 3. The van der Waals surface area contributed by atoms with Gasteiger partial charge in [-0.15, -0.1) is 0 Å². The number of nitrogens with zero attached hydrogens (tertiary/aromatic N) is 3. The first kappa shape index (κ1) is 20.1. The molecule has 5 rings (SSSR count). The van der Waals surface area contributed by atoms with Gasteiger partial charge in [0.1, 0.15) is 0 Å². The zero-order valence-corrected chi connectivity index (χ0v) is 18.1. The average molecular weight is 401 g/mol. The van der Waals surface area contributed by atoms with Crippen molar-refractivity contribution in [3.63, 3.8) is 0 Å². The van der Waals surface area contributed by atoms with Gasteiger partial charge in [-0.05, 0) is 42.3 Å². The second-order valence-corrected chi connectivity index (χ2v) is 7.42. The van der Waals surface area contributed by atoms with Crippen LogP contribution in [0.5, 0.6) is 0 Å². The van der Waals surface area contributed by atoms with Crippen molar-refractivity contribution >= 4 is 10.9 Å². The SMILES string of the molecule is CC.Cc1ccc(-c2ccn(-c3ccc4c5c(n(C)c4c3)CCNC5)c(=O)c2)cn1. The lowest BCUT2D eigenvalue weighted by molar-refractivity contribution is 0.622. The van der Waals surface area contributed by atoms with E-state index >= 15 is 0 Å². The molecule has 0 aliphatic carbocycles. The molecule has 0 unspecified atom stereocenters. The number of fused-ring (bicyclic) bond motifs is 3. The van der Waals surface area contributed by atoms with Crippen LogP contribution in [0.3, 0.4) is 0 Å². The predicted molar refractivity (Wildman–Crippen MR) is 123 cm³/mol. The molecule has 30 heavy (non-hydrogen) atoms. The maximum absolute atomic E-state index is 12.8. The van der Waals surface area contributed by atoms with Crippen LogP contribution in [0.25, 0.3) is 27.7 Å². The number of pyridine rings is 2. The van der Waals surface area contributed by atoms with Crippen LogP contribution in [0.15, 0.2) is 59.7 Å². The van der Waals surface area contributed by atoms with Gasteiger partial charge >= 0.3 is 0 Å². The number of hydrogen-bond acceptors (Lipinski definition) is 3. The molecular weight excluding hydrogens is 372 g/mol. The Morgan fingerprint density at radius 1 is 1.03 bits per heavy atom. The number of rotatable bonds is 2. The highest BCUT2D eigenvalue weighted by Gasteiger charge is 2.18. The Morgan fingerprint density at radius 2 is 1.87 bits per heavy atom. The zero-order valence-electron chi connectivity index (χ0n) is 18.1. The Hall–Kier alpha value is -3.18. The van der Waals surface area contributed by atoms with Crippen LogP contribution < -0.4 is 10.9 Å². The van der Waals surface area contributed by atoms with E-state index in [0.29, 0.717) is 0 Å². The van der Waals surface area contributed by atoms with Gasteiger partial charge in [0.2, 0.25) is 0 Å². The van der Waals surface area contributed by atoms with E-state index in [1.165, 1.54) is 22.2 Å². The van der Waals surface area contributed by atoms with E-state index in [4.69, 9.17) is 0 Å². The molecule has 4 heterocycles. The summed E-state index contributed by atoms with van der Waals surface area (Å²) in [6, 6.07) is 13.9. The van der Waals surface area contributed by atoms with Crippen molar-refractivity contribution in [1.82, 2.24) is 19.4 Å². The van der Waals surface area contributed by atoms with Crippen LogP contribution in [0.1, 0.15) is 30.8 Å². The van der Waals surface area contributed by atoms with Gasteiger partial charge in [0.15, 0.2) is 0 Å². The molecule has 0 saturated carbocycles. The number of aryl methyl sites for hydroxylation is 2. The van der Waals surface area contributed by atoms with Gasteiger partial charge in [-0.2, -0.15) is 0 Å². The second kappa shape index (κ2) is 8.28. The Kier molecular flexibility index (Phi) is 5.55. The highest BCUT2D eigenvalue weighted by atomic mass is 16.1. The van der Waals surface area contributed by atoms with E-state index in [0.717, 1.165) is 42.0 Å². The quantitative estimate of drug-likeness (QED) is 0.544.